The maximum Gasteiger partial charge on any atom is 0.135 e. The highest BCUT2D eigenvalue weighted by Gasteiger charge is 2.22. The second kappa shape index (κ2) is 13.6. The van der Waals surface area contributed by atoms with E-state index in [9.17, 15) is 0 Å². The molecule has 0 amide bonds. The van der Waals surface area contributed by atoms with Crippen LogP contribution >= 0.6 is 0 Å². The molecule has 3 heteroatoms. The second-order valence-electron chi connectivity index (χ2n) is 14.6. The van der Waals surface area contributed by atoms with Gasteiger partial charge in [-0.05, 0) is 106 Å². The Balaban J connectivity index is 1.16. The Labute approximate surface area is 330 Å². The monoisotopic (exact) mass is 728 g/mol. The van der Waals surface area contributed by atoms with Crippen LogP contribution in [0.3, 0.4) is 0 Å². The molecule has 0 saturated heterocycles. The van der Waals surface area contributed by atoms with Gasteiger partial charge in [-0.25, -0.2) is 0 Å². The lowest BCUT2D eigenvalue weighted by Gasteiger charge is -2.27. The summed E-state index contributed by atoms with van der Waals surface area (Å²) in [5, 5.41) is 4.63. The molecular formula is C54H36N2O. The Morgan fingerprint density at radius 3 is 1.58 bits per heavy atom. The van der Waals surface area contributed by atoms with Gasteiger partial charge in [-0.15, -0.1) is 0 Å². The molecule has 0 radical (unpaired) electrons. The van der Waals surface area contributed by atoms with Crippen molar-refractivity contribution >= 4 is 60.8 Å². The number of benzene rings is 9. The zero-order valence-electron chi connectivity index (χ0n) is 31.1. The first-order chi connectivity index (χ1) is 28.3. The molecule has 57 heavy (non-hydrogen) atoms. The first-order valence-corrected chi connectivity index (χ1v) is 19.4. The van der Waals surface area contributed by atoms with E-state index in [4.69, 9.17) is 4.42 Å². The Morgan fingerprint density at radius 1 is 0.333 bits per heavy atom. The van der Waals surface area contributed by atoms with Gasteiger partial charge < -0.3 is 13.9 Å². The smallest absolute Gasteiger partial charge is 0.135 e. The number of hydrogen-bond donors (Lipinski definition) is 0. The van der Waals surface area contributed by atoms with Crippen molar-refractivity contribution in [1.29, 1.82) is 0 Å². The average molecular weight is 729 g/mol. The highest BCUT2D eigenvalue weighted by atomic mass is 16.3. The predicted molar refractivity (Wildman–Crippen MR) is 239 cm³/mol. The molecule has 268 valence electrons. The third-order valence-electron chi connectivity index (χ3n) is 11.2. The maximum atomic E-state index is 6.19. The van der Waals surface area contributed by atoms with Crippen molar-refractivity contribution in [1.82, 2.24) is 4.57 Å². The van der Waals surface area contributed by atoms with Gasteiger partial charge in [-0.1, -0.05) is 146 Å². The minimum absolute atomic E-state index is 0.900. The molecule has 9 aromatic carbocycles. The zero-order chi connectivity index (χ0) is 37.7. The van der Waals surface area contributed by atoms with E-state index in [1.165, 1.54) is 33.0 Å². The molecule has 0 spiro atoms. The molecule has 0 bridgehead atoms. The van der Waals surface area contributed by atoms with Crippen LogP contribution in [-0.2, 0) is 0 Å². The third-order valence-corrected chi connectivity index (χ3v) is 11.2. The molecule has 0 aliphatic carbocycles. The van der Waals surface area contributed by atoms with Crippen molar-refractivity contribution < 1.29 is 4.42 Å². The lowest BCUT2D eigenvalue weighted by atomic mass is 10.00. The van der Waals surface area contributed by atoms with E-state index in [0.717, 1.165) is 66.8 Å². The minimum atomic E-state index is 0.900. The van der Waals surface area contributed by atoms with Crippen LogP contribution in [0.4, 0.5) is 17.1 Å². The lowest BCUT2D eigenvalue weighted by Crippen LogP contribution is -2.10. The van der Waals surface area contributed by atoms with E-state index >= 15 is 0 Å². The summed E-state index contributed by atoms with van der Waals surface area (Å²) in [6.45, 7) is 0. The van der Waals surface area contributed by atoms with Gasteiger partial charge in [0.15, 0.2) is 0 Å². The summed E-state index contributed by atoms with van der Waals surface area (Å²) < 4.78 is 8.61. The number of furan rings is 1. The molecule has 0 fully saturated rings. The number of rotatable bonds is 7. The van der Waals surface area contributed by atoms with Gasteiger partial charge in [0.1, 0.15) is 11.2 Å². The number of aromatic nitrogens is 1. The van der Waals surface area contributed by atoms with Gasteiger partial charge in [-0.3, -0.25) is 0 Å². The number of fused-ring (bicyclic) bond motifs is 6. The summed E-state index contributed by atoms with van der Waals surface area (Å²) in [6.07, 6.45) is 0. The van der Waals surface area contributed by atoms with Gasteiger partial charge >= 0.3 is 0 Å². The summed E-state index contributed by atoms with van der Waals surface area (Å²) in [4.78, 5) is 2.43. The number of nitrogens with zero attached hydrogens (tertiary/aromatic N) is 2. The number of hydrogen-bond acceptors (Lipinski definition) is 2. The molecule has 0 aliphatic rings. The summed E-state index contributed by atoms with van der Waals surface area (Å²) >= 11 is 0. The topological polar surface area (TPSA) is 21.3 Å². The average Bonchev–Trinajstić information content (AvgIpc) is 3.83. The fraction of sp³-hybridized carbons (Fsp3) is 0. The van der Waals surface area contributed by atoms with E-state index < -0.39 is 0 Å². The molecular weight excluding hydrogens is 693 g/mol. The maximum absolute atomic E-state index is 6.19. The summed E-state index contributed by atoms with van der Waals surface area (Å²) in [6, 6.07) is 78.3. The van der Waals surface area contributed by atoms with E-state index in [1.54, 1.807) is 0 Å². The van der Waals surface area contributed by atoms with Crippen LogP contribution in [0.1, 0.15) is 0 Å². The normalized spacial score (nSPS) is 11.5. The minimum Gasteiger partial charge on any atom is -0.456 e. The van der Waals surface area contributed by atoms with Crippen molar-refractivity contribution in [3.05, 3.63) is 218 Å². The molecule has 2 aromatic heterocycles. The van der Waals surface area contributed by atoms with E-state index in [-0.39, 0.29) is 0 Å². The van der Waals surface area contributed by atoms with Gasteiger partial charge in [-0.2, -0.15) is 0 Å². The highest BCUT2D eigenvalue weighted by molar-refractivity contribution is 6.17. The molecule has 11 rings (SSSR count). The van der Waals surface area contributed by atoms with Crippen LogP contribution in [0.15, 0.2) is 223 Å². The van der Waals surface area contributed by atoms with Crippen LogP contribution in [0.25, 0.3) is 82.8 Å². The molecule has 0 N–H and O–H groups in total. The molecule has 0 atom stereocenters. The Kier molecular flexibility index (Phi) is 7.82. The highest BCUT2D eigenvalue weighted by Crippen LogP contribution is 2.46. The van der Waals surface area contributed by atoms with Crippen LogP contribution in [-0.4, -0.2) is 4.57 Å². The fourth-order valence-electron chi connectivity index (χ4n) is 8.51. The first kappa shape index (κ1) is 32.8. The standard InChI is InChI=1S/C54H36N2O/c1-4-15-37(16-5-1)39-19-12-23-44(33-39)55(45-24-13-20-40(34-45)38-17-6-2-7-18-38)49-26-14-27-50-54(49)47-31-29-42(36-51(47)56(50)43-21-8-3-9-22-43)41-30-32-53-48(35-41)46-25-10-11-28-52(46)57-53/h1-36H. The molecule has 3 nitrogen and oxygen atoms in total. The largest absolute Gasteiger partial charge is 0.456 e. The number of para-hydroxylation sites is 2. The Bertz CT molecular complexity index is 3150. The van der Waals surface area contributed by atoms with Crippen LogP contribution in [0.5, 0.6) is 0 Å². The molecule has 0 saturated carbocycles. The van der Waals surface area contributed by atoms with E-state index in [2.05, 4.69) is 216 Å². The quantitative estimate of drug-likeness (QED) is 0.163. The van der Waals surface area contributed by atoms with Crippen molar-refractivity contribution in [3.8, 4) is 39.1 Å². The predicted octanol–water partition coefficient (Wildman–Crippen LogP) is 15.2. The van der Waals surface area contributed by atoms with Gasteiger partial charge in [0.25, 0.3) is 0 Å². The fourth-order valence-corrected chi connectivity index (χ4v) is 8.51. The van der Waals surface area contributed by atoms with Gasteiger partial charge in [0.05, 0.1) is 16.7 Å². The molecule has 0 unspecified atom stereocenters. The summed E-state index contributed by atoms with van der Waals surface area (Å²) in [7, 11) is 0. The third kappa shape index (κ3) is 5.68. The molecule has 11 aromatic rings. The lowest BCUT2D eigenvalue weighted by molar-refractivity contribution is 0.669. The summed E-state index contributed by atoms with van der Waals surface area (Å²) in [5.74, 6) is 0. The SMILES string of the molecule is c1ccc(-c2cccc(N(c3cccc(-c4ccccc4)c3)c3cccc4c3c3ccc(-c5ccc6oc7ccccc7c6c5)cc3n4-c3ccccc3)c2)cc1. The molecule has 2 heterocycles. The van der Waals surface area contributed by atoms with Crippen molar-refractivity contribution in [3.63, 3.8) is 0 Å². The molecule has 0 aliphatic heterocycles. The first-order valence-electron chi connectivity index (χ1n) is 19.4. The second-order valence-corrected chi connectivity index (χ2v) is 14.6. The van der Waals surface area contributed by atoms with E-state index in [0.29, 0.717) is 0 Å². The van der Waals surface area contributed by atoms with Crippen molar-refractivity contribution in [2.75, 3.05) is 4.90 Å². The Morgan fingerprint density at radius 2 is 0.877 bits per heavy atom. The van der Waals surface area contributed by atoms with E-state index in [1.807, 2.05) is 12.1 Å². The Hall–Kier alpha value is -7.62. The van der Waals surface area contributed by atoms with Gasteiger partial charge in [0.2, 0.25) is 0 Å². The number of anilines is 3. The van der Waals surface area contributed by atoms with Crippen LogP contribution < -0.4 is 4.90 Å². The van der Waals surface area contributed by atoms with Crippen molar-refractivity contribution in [2.45, 2.75) is 0 Å². The summed E-state index contributed by atoms with van der Waals surface area (Å²) in [5.41, 5.74) is 15.5. The van der Waals surface area contributed by atoms with Crippen LogP contribution in [0.2, 0.25) is 0 Å². The van der Waals surface area contributed by atoms with Gasteiger partial charge in [0, 0.05) is 38.6 Å². The van der Waals surface area contributed by atoms with Crippen LogP contribution in [0, 0.1) is 0 Å². The van der Waals surface area contributed by atoms with Crippen molar-refractivity contribution in [2.24, 2.45) is 0 Å². The zero-order valence-corrected chi connectivity index (χ0v) is 31.1.